The van der Waals surface area contributed by atoms with Crippen LogP contribution in [0.3, 0.4) is 0 Å². The second kappa shape index (κ2) is 7.97. The van der Waals surface area contributed by atoms with Gasteiger partial charge in [0.15, 0.2) is 0 Å². The second-order valence-electron chi connectivity index (χ2n) is 5.02. The summed E-state index contributed by atoms with van der Waals surface area (Å²) in [7, 11) is 0. The fraction of sp³-hybridized carbons (Fsp3) is 0.118. The van der Waals surface area contributed by atoms with E-state index in [0.29, 0.717) is 0 Å². The van der Waals surface area contributed by atoms with E-state index in [1.807, 2.05) is 0 Å². The highest BCUT2D eigenvalue weighted by Crippen LogP contribution is 2.32. The van der Waals surface area contributed by atoms with Crippen molar-refractivity contribution in [2.24, 2.45) is 0 Å². The summed E-state index contributed by atoms with van der Waals surface area (Å²) in [6.07, 6.45) is 0. The quantitative estimate of drug-likeness (QED) is 0.335. The summed E-state index contributed by atoms with van der Waals surface area (Å²) >= 11 is 0. The average Bonchev–Trinajstić information content (AvgIpc) is 2.62. The minimum absolute atomic E-state index is 0.0188. The number of non-ortho nitro benzene ring substituents is 2. The Morgan fingerprint density at radius 1 is 1.00 bits per heavy atom. The molecule has 0 spiro atoms. The minimum Gasteiger partial charge on any atom is -0.461 e. The number of benzene rings is 2. The van der Waals surface area contributed by atoms with E-state index >= 15 is 0 Å². The topological polar surface area (TPSA) is 113 Å². The fourth-order valence-corrected chi connectivity index (χ4v) is 2.27. The Hall–Kier alpha value is -3.62. The maximum atomic E-state index is 14.8. The molecule has 0 radical (unpaired) electrons. The van der Waals surface area contributed by atoms with Gasteiger partial charge in [-0.2, -0.15) is 4.39 Å². The molecule has 134 valence electrons. The molecule has 0 unspecified atom stereocenters. The Balaban J connectivity index is 2.71. The van der Waals surface area contributed by atoms with Gasteiger partial charge in [-0.3, -0.25) is 20.2 Å². The zero-order valence-electron chi connectivity index (χ0n) is 13.5. The van der Waals surface area contributed by atoms with Gasteiger partial charge in [0.1, 0.15) is 0 Å². The fourth-order valence-electron chi connectivity index (χ4n) is 2.27. The van der Waals surface area contributed by atoms with Gasteiger partial charge in [-0.25, -0.2) is 4.79 Å². The van der Waals surface area contributed by atoms with Gasteiger partial charge in [-0.05, 0) is 18.1 Å². The van der Waals surface area contributed by atoms with Crippen LogP contribution in [0.2, 0.25) is 0 Å². The van der Waals surface area contributed by atoms with Crippen LogP contribution in [0, 0.1) is 20.2 Å². The lowest BCUT2D eigenvalue weighted by Crippen LogP contribution is -2.07. The smallest absolute Gasteiger partial charge is 0.367 e. The third kappa shape index (κ3) is 4.07. The molecular weight excluding hydrogens is 347 g/mol. The molecule has 0 saturated carbocycles. The molecule has 0 atom stereocenters. The molecule has 0 heterocycles. The van der Waals surface area contributed by atoms with Crippen molar-refractivity contribution in [3.63, 3.8) is 0 Å². The molecule has 9 heteroatoms. The number of nitro benzene ring substituents is 2. The number of nitro groups is 2. The van der Waals surface area contributed by atoms with Gasteiger partial charge in [-0.1, -0.05) is 24.3 Å². The van der Waals surface area contributed by atoms with Crippen molar-refractivity contribution in [2.75, 3.05) is 6.61 Å². The molecule has 0 amide bonds. The van der Waals surface area contributed by atoms with Crippen LogP contribution >= 0.6 is 0 Å². The molecule has 0 aromatic heterocycles. The Morgan fingerprint density at radius 2 is 1.46 bits per heavy atom. The zero-order valence-corrected chi connectivity index (χ0v) is 13.5. The molecule has 0 aliphatic rings. The lowest BCUT2D eigenvalue weighted by Gasteiger charge is -2.10. The summed E-state index contributed by atoms with van der Waals surface area (Å²) in [5.41, 5.74) is -0.921. The van der Waals surface area contributed by atoms with E-state index < -0.39 is 21.6 Å². The number of hydrogen-bond donors (Lipinski definition) is 0. The summed E-state index contributed by atoms with van der Waals surface area (Å²) in [4.78, 5) is 32.5. The van der Waals surface area contributed by atoms with Crippen LogP contribution in [-0.2, 0) is 9.53 Å². The molecule has 0 N–H and O–H groups in total. The van der Waals surface area contributed by atoms with Crippen molar-refractivity contribution in [3.05, 3.63) is 85.7 Å². The van der Waals surface area contributed by atoms with Crippen LogP contribution in [0.1, 0.15) is 18.1 Å². The first-order valence-electron chi connectivity index (χ1n) is 7.41. The maximum Gasteiger partial charge on any atom is 0.367 e. The summed E-state index contributed by atoms with van der Waals surface area (Å²) < 4.78 is 19.4. The van der Waals surface area contributed by atoms with Crippen molar-refractivity contribution < 1.29 is 23.8 Å². The SMILES string of the molecule is CCOC(=O)C(F)=C(c1cccc([N+](=O)[O-])c1)c1cccc([N+](=O)[O-])c1. The van der Waals surface area contributed by atoms with Gasteiger partial charge in [0.2, 0.25) is 5.83 Å². The number of rotatable bonds is 6. The van der Waals surface area contributed by atoms with Crippen molar-refractivity contribution in [1.29, 1.82) is 0 Å². The third-order valence-corrected chi connectivity index (χ3v) is 3.37. The summed E-state index contributed by atoms with van der Waals surface area (Å²) in [6, 6.07) is 9.93. The Morgan fingerprint density at radius 3 is 1.85 bits per heavy atom. The zero-order chi connectivity index (χ0) is 19.3. The Kier molecular flexibility index (Phi) is 5.74. The third-order valence-electron chi connectivity index (χ3n) is 3.37. The van der Waals surface area contributed by atoms with Crippen molar-refractivity contribution in [3.8, 4) is 0 Å². The van der Waals surface area contributed by atoms with Crippen molar-refractivity contribution >= 4 is 22.9 Å². The van der Waals surface area contributed by atoms with Crippen LogP contribution in [0.5, 0.6) is 0 Å². The summed E-state index contributed by atoms with van der Waals surface area (Å²) in [6.45, 7) is 1.41. The predicted molar refractivity (Wildman–Crippen MR) is 90.0 cm³/mol. The van der Waals surface area contributed by atoms with Crippen LogP contribution in [-0.4, -0.2) is 22.4 Å². The highest BCUT2D eigenvalue weighted by Gasteiger charge is 2.22. The normalized spacial score (nSPS) is 10.1. The van der Waals surface area contributed by atoms with E-state index in [0.717, 1.165) is 12.1 Å². The molecular formula is C17H13FN2O6. The molecule has 26 heavy (non-hydrogen) atoms. The molecule has 0 fully saturated rings. The van der Waals surface area contributed by atoms with Gasteiger partial charge in [-0.15, -0.1) is 0 Å². The summed E-state index contributed by atoms with van der Waals surface area (Å²) in [5.74, 6) is -2.56. The maximum absolute atomic E-state index is 14.8. The van der Waals surface area contributed by atoms with Gasteiger partial charge >= 0.3 is 5.97 Å². The van der Waals surface area contributed by atoms with Crippen molar-refractivity contribution in [2.45, 2.75) is 6.92 Å². The first-order chi connectivity index (χ1) is 12.3. The van der Waals surface area contributed by atoms with Gasteiger partial charge < -0.3 is 4.74 Å². The molecule has 2 rings (SSSR count). The van der Waals surface area contributed by atoms with E-state index in [1.54, 1.807) is 0 Å². The van der Waals surface area contributed by atoms with Crippen molar-refractivity contribution in [1.82, 2.24) is 0 Å². The number of halogens is 1. The summed E-state index contributed by atoms with van der Waals surface area (Å²) in [5, 5.41) is 22.0. The number of carbonyl (C=O) groups is 1. The molecule has 8 nitrogen and oxygen atoms in total. The number of hydrogen-bond acceptors (Lipinski definition) is 6. The number of ether oxygens (including phenoxy) is 1. The largest absolute Gasteiger partial charge is 0.461 e. The van der Waals surface area contributed by atoms with E-state index in [9.17, 15) is 29.4 Å². The van der Waals surface area contributed by atoms with Gasteiger partial charge in [0, 0.05) is 29.8 Å². The first kappa shape index (κ1) is 18.7. The Bertz CT molecular complexity index is 850. The van der Waals surface area contributed by atoms with Gasteiger partial charge in [0.25, 0.3) is 11.4 Å². The monoisotopic (exact) mass is 360 g/mol. The molecule has 0 aliphatic heterocycles. The second-order valence-corrected chi connectivity index (χ2v) is 5.02. The Labute approximate surface area is 146 Å². The average molecular weight is 360 g/mol. The molecule has 2 aromatic carbocycles. The lowest BCUT2D eigenvalue weighted by atomic mass is 9.96. The number of carbonyl (C=O) groups excluding carboxylic acids is 1. The molecule has 0 saturated heterocycles. The van der Waals surface area contributed by atoms with Crippen LogP contribution in [0.4, 0.5) is 15.8 Å². The highest BCUT2D eigenvalue weighted by molar-refractivity contribution is 6.00. The van der Waals surface area contributed by atoms with Crippen LogP contribution < -0.4 is 0 Å². The number of nitrogens with zero attached hydrogens (tertiary/aromatic N) is 2. The standard InChI is InChI=1S/C17H13FN2O6/c1-2-26-17(21)16(18)15(11-5-3-7-13(9-11)19(22)23)12-6-4-8-14(10-12)20(24)25/h3-10H,2H2,1H3. The lowest BCUT2D eigenvalue weighted by molar-refractivity contribution is -0.385. The molecule has 2 aromatic rings. The minimum atomic E-state index is -1.30. The highest BCUT2D eigenvalue weighted by atomic mass is 19.1. The molecule has 0 bridgehead atoms. The van der Waals surface area contributed by atoms with E-state index in [-0.39, 0.29) is 34.7 Å². The molecule has 0 aliphatic carbocycles. The first-order valence-corrected chi connectivity index (χ1v) is 7.41. The van der Waals surface area contributed by atoms with E-state index in [2.05, 4.69) is 4.74 Å². The van der Waals surface area contributed by atoms with E-state index in [1.165, 1.54) is 43.3 Å². The van der Waals surface area contributed by atoms with Crippen LogP contribution in [0.15, 0.2) is 54.4 Å². The van der Waals surface area contributed by atoms with Crippen LogP contribution in [0.25, 0.3) is 5.57 Å². The predicted octanol–water partition coefficient (Wildman–Crippen LogP) is 3.80. The van der Waals surface area contributed by atoms with E-state index in [4.69, 9.17) is 0 Å². The number of esters is 1. The van der Waals surface area contributed by atoms with Gasteiger partial charge in [0.05, 0.1) is 16.5 Å².